The van der Waals surface area contributed by atoms with Crippen LogP contribution in [0.5, 0.6) is 5.75 Å². The zero-order valence-electron chi connectivity index (χ0n) is 15.2. The van der Waals surface area contributed by atoms with Crippen molar-refractivity contribution in [3.8, 4) is 5.75 Å². The predicted octanol–water partition coefficient (Wildman–Crippen LogP) is 4.56. The molecule has 28 heavy (non-hydrogen) atoms. The fourth-order valence-corrected chi connectivity index (χ4v) is 3.45. The van der Waals surface area contributed by atoms with Crippen LogP contribution in [0.3, 0.4) is 0 Å². The second-order valence-electron chi connectivity index (χ2n) is 6.69. The molecule has 2 aromatic carbocycles. The minimum Gasteiger partial charge on any atom is -0.484 e. The molecule has 0 aromatic heterocycles. The highest BCUT2D eigenvalue weighted by atomic mass is 35.5. The predicted molar refractivity (Wildman–Crippen MR) is 105 cm³/mol. The zero-order valence-corrected chi connectivity index (χ0v) is 16.0. The minimum absolute atomic E-state index is 0.00168. The van der Waals surface area contributed by atoms with E-state index in [2.05, 4.69) is 16.0 Å². The minimum atomic E-state index is -4.40. The molecule has 0 saturated carbocycles. The second-order valence-corrected chi connectivity index (χ2v) is 7.10. The van der Waals surface area contributed by atoms with E-state index in [1.54, 1.807) is 12.1 Å². The van der Waals surface area contributed by atoms with Gasteiger partial charge in [0.15, 0.2) is 6.61 Å². The first-order valence-corrected chi connectivity index (χ1v) is 9.55. The highest BCUT2D eigenvalue weighted by Gasteiger charge is 2.29. The van der Waals surface area contributed by atoms with Gasteiger partial charge in [-0.2, -0.15) is 13.2 Å². The average molecular weight is 414 g/mol. The number of hydrogen-bond donors (Lipinski definition) is 3. The third-order valence-corrected chi connectivity index (χ3v) is 4.92. The second kappa shape index (κ2) is 9.49. The normalized spacial score (nSPS) is 20.0. The molecule has 4 nitrogen and oxygen atoms in total. The summed E-state index contributed by atoms with van der Waals surface area (Å²) in [6.45, 7) is -0.135. The Labute approximate surface area is 167 Å². The molecule has 1 fully saturated rings. The Bertz CT molecular complexity index is 758. The third-order valence-electron chi connectivity index (χ3n) is 4.56. The molecule has 2 aromatic rings. The first-order chi connectivity index (χ1) is 13.4. The molecule has 0 unspecified atom stereocenters. The van der Waals surface area contributed by atoms with Gasteiger partial charge < -0.3 is 15.4 Å². The molecule has 3 rings (SSSR count). The van der Waals surface area contributed by atoms with Crippen molar-refractivity contribution in [1.29, 1.82) is 0 Å². The van der Waals surface area contributed by atoms with Gasteiger partial charge in [0.2, 0.25) is 0 Å². The molecule has 152 valence electrons. The zero-order chi connectivity index (χ0) is 20.0. The van der Waals surface area contributed by atoms with Crippen molar-refractivity contribution in [1.82, 2.24) is 10.6 Å². The molecule has 0 bridgehead atoms. The van der Waals surface area contributed by atoms with Gasteiger partial charge in [-0.3, -0.25) is 5.32 Å². The summed E-state index contributed by atoms with van der Waals surface area (Å²) in [5.41, 5.74) is 1.53. The van der Waals surface area contributed by atoms with Crippen molar-refractivity contribution >= 4 is 17.3 Å². The third kappa shape index (κ3) is 6.02. The smallest absolute Gasteiger partial charge is 0.422 e. The number of benzene rings is 2. The molecule has 0 spiro atoms. The van der Waals surface area contributed by atoms with Crippen LogP contribution in [0.4, 0.5) is 18.9 Å². The summed E-state index contributed by atoms with van der Waals surface area (Å²) in [4.78, 5) is 0. The monoisotopic (exact) mass is 413 g/mol. The van der Waals surface area contributed by atoms with E-state index in [1.807, 2.05) is 30.3 Å². The summed E-state index contributed by atoms with van der Waals surface area (Å²) in [5, 5.41) is 10.7. The van der Waals surface area contributed by atoms with Crippen LogP contribution in [0, 0.1) is 0 Å². The van der Waals surface area contributed by atoms with Gasteiger partial charge in [-0.15, -0.1) is 0 Å². The first-order valence-electron chi connectivity index (χ1n) is 9.18. The molecule has 0 aliphatic carbocycles. The molecule has 1 aliphatic heterocycles. The fraction of sp³-hybridized carbons (Fsp3) is 0.400. The molecule has 0 amide bonds. The van der Waals surface area contributed by atoms with Gasteiger partial charge in [0.25, 0.3) is 0 Å². The molecule has 1 heterocycles. The molecule has 0 radical (unpaired) electrons. The quantitative estimate of drug-likeness (QED) is 0.622. The van der Waals surface area contributed by atoms with E-state index < -0.39 is 12.8 Å². The maximum absolute atomic E-state index is 12.5. The van der Waals surface area contributed by atoms with Crippen molar-refractivity contribution in [2.75, 3.05) is 18.5 Å². The van der Waals surface area contributed by atoms with Gasteiger partial charge in [-0.1, -0.05) is 35.9 Å². The van der Waals surface area contributed by atoms with Crippen LogP contribution in [-0.2, 0) is 6.54 Å². The highest BCUT2D eigenvalue weighted by molar-refractivity contribution is 6.31. The molecule has 3 N–H and O–H groups in total. The number of halogens is 4. The van der Waals surface area contributed by atoms with Crippen LogP contribution < -0.4 is 20.7 Å². The molecular weight excluding hydrogens is 391 g/mol. The Balaban J connectivity index is 1.66. The number of alkyl halides is 3. The van der Waals surface area contributed by atoms with E-state index in [1.165, 1.54) is 6.07 Å². The fourth-order valence-electron chi connectivity index (χ4n) is 3.21. The van der Waals surface area contributed by atoms with E-state index in [0.29, 0.717) is 17.1 Å². The van der Waals surface area contributed by atoms with Crippen molar-refractivity contribution in [2.45, 2.75) is 37.8 Å². The van der Waals surface area contributed by atoms with Crippen LogP contribution in [0.2, 0.25) is 5.02 Å². The Morgan fingerprint density at radius 3 is 2.64 bits per heavy atom. The number of ether oxygens (including phenoxy) is 1. The van der Waals surface area contributed by atoms with E-state index in [-0.39, 0.29) is 18.0 Å². The topological polar surface area (TPSA) is 45.3 Å². The molecule has 1 aliphatic rings. The van der Waals surface area contributed by atoms with Crippen LogP contribution in [0.25, 0.3) is 0 Å². The summed E-state index contributed by atoms with van der Waals surface area (Å²) >= 11 is 6.23. The van der Waals surface area contributed by atoms with Crippen LogP contribution in [0.1, 0.15) is 18.4 Å². The Morgan fingerprint density at radius 2 is 1.89 bits per heavy atom. The molecule has 2 atom stereocenters. The van der Waals surface area contributed by atoms with Crippen molar-refractivity contribution in [3.63, 3.8) is 0 Å². The van der Waals surface area contributed by atoms with Gasteiger partial charge in [0.1, 0.15) is 5.75 Å². The van der Waals surface area contributed by atoms with E-state index >= 15 is 0 Å². The summed E-state index contributed by atoms with van der Waals surface area (Å²) < 4.78 is 42.5. The number of piperidine rings is 1. The largest absolute Gasteiger partial charge is 0.484 e. The Hall–Kier alpha value is -1.96. The molecular formula is C20H23ClF3N3O. The summed E-state index contributed by atoms with van der Waals surface area (Å²) in [7, 11) is 0. The molecule has 8 heteroatoms. The maximum atomic E-state index is 12.5. The van der Waals surface area contributed by atoms with E-state index in [4.69, 9.17) is 16.3 Å². The lowest BCUT2D eigenvalue weighted by molar-refractivity contribution is -0.153. The summed E-state index contributed by atoms with van der Waals surface area (Å²) in [6, 6.07) is 14.7. The standard InChI is InChI=1S/C20H23ClF3N3O/c21-16-8-4-10-18(28-13-20(22,23)24)15(16)12-26-17-9-5-11-25-19(17)27-14-6-2-1-3-7-14/h1-4,6-8,10,17,19,25-27H,5,9,11-13H2/t17-,19-/m0/s1. The highest BCUT2D eigenvalue weighted by Crippen LogP contribution is 2.28. The van der Waals surface area contributed by atoms with E-state index in [9.17, 15) is 13.2 Å². The van der Waals surface area contributed by atoms with Crippen LogP contribution in [0.15, 0.2) is 48.5 Å². The molecule has 1 saturated heterocycles. The lowest BCUT2D eigenvalue weighted by atomic mass is 10.0. The van der Waals surface area contributed by atoms with Crippen molar-refractivity contribution in [2.24, 2.45) is 0 Å². The maximum Gasteiger partial charge on any atom is 0.422 e. The Kier molecular flexibility index (Phi) is 7.04. The number of rotatable bonds is 7. The van der Waals surface area contributed by atoms with Gasteiger partial charge in [-0.25, -0.2) is 0 Å². The van der Waals surface area contributed by atoms with Crippen LogP contribution >= 0.6 is 11.6 Å². The van der Waals surface area contributed by atoms with Gasteiger partial charge in [0, 0.05) is 28.9 Å². The van der Waals surface area contributed by atoms with Gasteiger partial charge in [-0.05, 0) is 43.7 Å². The number of para-hydroxylation sites is 1. The number of hydrogen-bond acceptors (Lipinski definition) is 4. The van der Waals surface area contributed by atoms with Crippen molar-refractivity contribution < 1.29 is 17.9 Å². The van der Waals surface area contributed by atoms with Crippen molar-refractivity contribution in [3.05, 3.63) is 59.1 Å². The van der Waals surface area contributed by atoms with E-state index in [0.717, 1.165) is 25.1 Å². The summed E-state index contributed by atoms with van der Waals surface area (Å²) in [5.74, 6) is 0.147. The average Bonchev–Trinajstić information content (AvgIpc) is 2.67. The lowest BCUT2D eigenvalue weighted by Crippen LogP contribution is -2.55. The SMILES string of the molecule is FC(F)(F)COc1cccc(Cl)c1CN[C@H]1CCCN[C@H]1Nc1ccccc1. The first kappa shape index (κ1) is 20.8. The Morgan fingerprint density at radius 1 is 1.11 bits per heavy atom. The number of anilines is 1. The lowest BCUT2D eigenvalue weighted by Gasteiger charge is -2.34. The number of nitrogens with one attached hydrogen (secondary N) is 3. The van der Waals surface area contributed by atoms with Gasteiger partial charge >= 0.3 is 6.18 Å². The van der Waals surface area contributed by atoms with Gasteiger partial charge in [0.05, 0.1) is 6.17 Å². The van der Waals surface area contributed by atoms with Crippen LogP contribution in [-0.4, -0.2) is 31.5 Å². The summed E-state index contributed by atoms with van der Waals surface area (Å²) in [6.07, 6.45) is -2.46.